The number of hydrogen-bond acceptors (Lipinski definition) is 2. The minimum absolute atomic E-state index is 0.667. The summed E-state index contributed by atoms with van der Waals surface area (Å²) in [6, 6.07) is 0. The molecule has 0 bridgehead atoms. The van der Waals surface area contributed by atoms with Crippen molar-refractivity contribution in [2.45, 2.75) is 27.7 Å². The SMILES string of the molecule is C=C(C)C.C=C(C)N.C=C(C)NC. The summed E-state index contributed by atoms with van der Waals surface area (Å²) in [6.07, 6.45) is 0. The molecule has 0 unspecified atom stereocenters. The van der Waals surface area contributed by atoms with E-state index in [1.165, 1.54) is 5.57 Å². The van der Waals surface area contributed by atoms with Gasteiger partial charge in [0, 0.05) is 7.05 Å². The molecule has 0 aliphatic heterocycles. The van der Waals surface area contributed by atoms with E-state index in [0.717, 1.165) is 5.70 Å². The average molecular weight is 184 g/mol. The highest BCUT2D eigenvalue weighted by atomic mass is 14.8. The highest BCUT2D eigenvalue weighted by Gasteiger charge is 1.62. The summed E-state index contributed by atoms with van der Waals surface area (Å²) in [6.45, 7) is 18.1. The van der Waals surface area contributed by atoms with E-state index in [4.69, 9.17) is 5.73 Å². The van der Waals surface area contributed by atoms with Gasteiger partial charge in [-0.2, -0.15) is 0 Å². The third-order valence-corrected chi connectivity index (χ3v) is 0.427. The summed E-state index contributed by atoms with van der Waals surface area (Å²) in [5, 5.41) is 2.83. The van der Waals surface area contributed by atoms with Crippen LogP contribution in [0.4, 0.5) is 0 Å². The normalized spacial score (nSPS) is 6.54. The smallest absolute Gasteiger partial charge is 0.00299 e. The van der Waals surface area contributed by atoms with Crippen LogP contribution in [0.2, 0.25) is 0 Å². The number of rotatable bonds is 1. The molecule has 0 spiro atoms. The van der Waals surface area contributed by atoms with Crippen molar-refractivity contribution in [3.05, 3.63) is 36.7 Å². The maximum Gasteiger partial charge on any atom is 0.00299 e. The van der Waals surface area contributed by atoms with Crippen LogP contribution in [0.15, 0.2) is 36.7 Å². The van der Waals surface area contributed by atoms with Crippen LogP contribution in [0.25, 0.3) is 0 Å². The van der Waals surface area contributed by atoms with Crippen molar-refractivity contribution in [2.24, 2.45) is 5.73 Å². The zero-order chi connectivity index (χ0) is 11.4. The van der Waals surface area contributed by atoms with Crippen LogP contribution < -0.4 is 11.1 Å². The number of nitrogens with one attached hydrogen (secondary N) is 1. The van der Waals surface area contributed by atoms with E-state index < -0.39 is 0 Å². The lowest BCUT2D eigenvalue weighted by Gasteiger charge is -1.87. The minimum Gasteiger partial charge on any atom is -0.403 e. The van der Waals surface area contributed by atoms with Gasteiger partial charge in [-0.05, 0) is 39.1 Å². The Hall–Kier alpha value is -1.18. The van der Waals surface area contributed by atoms with Gasteiger partial charge in [0.05, 0.1) is 0 Å². The van der Waals surface area contributed by atoms with Crippen LogP contribution in [-0.4, -0.2) is 7.05 Å². The van der Waals surface area contributed by atoms with Gasteiger partial charge >= 0.3 is 0 Å². The summed E-state index contributed by atoms with van der Waals surface area (Å²) in [5.41, 5.74) is 7.75. The molecule has 2 nitrogen and oxygen atoms in total. The van der Waals surface area contributed by atoms with Crippen LogP contribution in [0.1, 0.15) is 27.7 Å². The van der Waals surface area contributed by atoms with E-state index in [1.54, 1.807) is 6.92 Å². The topological polar surface area (TPSA) is 38.0 Å². The van der Waals surface area contributed by atoms with E-state index in [9.17, 15) is 0 Å². The van der Waals surface area contributed by atoms with Crippen LogP contribution in [0, 0.1) is 0 Å². The van der Waals surface area contributed by atoms with Crippen molar-refractivity contribution in [3.63, 3.8) is 0 Å². The predicted octanol–water partition coefficient (Wildman–Crippen LogP) is 2.80. The Morgan fingerprint density at radius 1 is 1.00 bits per heavy atom. The van der Waals surface area contributed by atoms with Crippen molar-refractivity contribution in [1.29, 1.82) is 0 Å². The summed E-state index contributed by atoms with van der Waals surface area (Å²) < 4.78 is 0. The molecule has 0 rings (SSSR count). The molecule has 0 aliphatic carbocycles. The summed E-state index contributed by atoms with van der Waals surface area (Å²) in [4.78, 5) is 0. The highest BCUT2D eigenvalue weighted by Crippen LogP contribution is 1.73. The van der Waals surface area contributed by atoms with Gasteiger partial charge in [0.2, 0.25) is 0 Å². The first-order valence-corrected chi connectivity index (χ1v) is 4.10. The second-order valence-electron chi connectivity index (χ2n) is 3.08. The predicted molar refractivity (Wildman–Crippen MR) is 63.4 cm³/mol. The van der Waals surface area contributed by atoms with E-state index in [1.807, 2.05) is 27.8 Å². The monoisotopic (exact) mass is 184 g/mol. The molecular weight excluding hydrogens is 160 g/mol. The molecule has 0 saturated carbocycles. The lowest BCUT2D eigenvalue weighted by atomic mass is 10.4. The molecule has 0 aromatic carbocycles. The largest absolute Gasteiger partial charge is 0.403 e. The van der Waals surface area contributed by atoms with E-state index in [-0.39, 0.29) is 0 Å². The Kier molecular flexibility index (Phi) is 18.4. The van der Waals surface area contributed by atoms with E-state index in [2.05, 4.69) is 25.1 Å². The summed E-state index contributed by atoms with van der Waals surface area (Å²) in [7, 11) is 1.85. The number of nitrogens with two attached hydrogens (primary N) is 1. The highest BCUT2D eigenvalue weighted by molar-refractivity contribution is 4.80. The Balaban J connectivity index is -0.000000117. The molecule has 0 amide bonds. The molecule has 0 aromatic heterocycles. The summed E-state index contributed by atoms with van der Waals surface area (Å²) >= 11 is 0. The fourth-order valence-electron chi connectivity index (χ4n) is 0. The number of hydrogen-bond donors (Lipinski definition) is 2. The van der Waals surface area contributed by atoms with Crippen molar-refractivity contribution in [1.82, 2.24) is 5.32 Å². The Labute approximate surface area is 83.2 Å². The lowest BCUT2D eigenvalue weighted by molar-refractivity contribution is 0.999. The van der Waals surface area contributed by atoms with Gasteiger partial charge in [-0.1, -0.05) is 18.7 Å². The molecule has 0 saturated heterocycles. The van der Waals surface area contributed by atoms with Crippen LogP contribution in [0.5, 0.6) is 0 Å². The molecule has 78 valence electrons. The zero-order valence-corrected chi connectivity index (χ0v) is 9.70. The fraction of sp³-hybridized carbons (Fsp3) is 0.455. The van der Waals surface area contributed by atoms with E-state index >= 15 is 0 Å². The first kappa shape index (κ1) is 17.8. The molecule has 0 aromatic rings. The minimum atomic E-state index is 0.667. The molecule has 3 N–H and O–H groups in total. The van der Waals surface area contributed by atoms with E-state index in [0.29, 0.717) is 5.70 Å². The number of allylic oxidation sites excluding steroid dienone is 3. The molecule has 13 heavy (non-hydrogen) atoms. The first-order chi connectivity index (χ1) is 5.73. The molecular formula is C11H24N2. The first-order valence-electron chi connectivity index (χ1n) is 4.10. The second kappa shape index (κ2) is 13.4. The second-order valence-corrected chi connectivity index (χ2v) is 3.08. The molecule has 0 heterocycles. The standard InChI is InChI=1S/C4H9N.C4H8.C3H7N/c1-4(2)5-3;1-4(2)3;1-3(2)4/h5H,1H2,2-3H3;1H2,2-3H3;1,4H2,2H3. The van der Waals surface area contributed by atoms with Gasteiger partial charge < -0.3 is 11.1 Å². The third kappa shape index (κ3) is 1250. The van der Waals surface area contributed by atoms with Gasteiger partial charge in [0.1, 0.15) is 0 Å². The van der Waals surface area contributed by atoms with Gasteiger partial charge in [0.25, 0.3) is 0 Å². The van der Waals surface area contributed by atoms with Gasteiger partial charge in [-0.15, -0.1) is 6.58 Å². The maximum absolute atomic E-state index is 4.92. The average Bonchev–Trinajstić information content (AvgIpc) is 1.84. The molecule has 0 fully saturated rings. The Bertz CT molecular complexity index is 137. The Morgan fingerprint density at radius 2 is 1.08 bits per heavy atom. The molecule has 0 aliphatic rings. The van der Waals surface area contributed by atoms with Gasteiger partial charge in [-0.3, -0.25) is 0 Å². The van der Waals surface area contributed by atoms with Crippen LogP contribution >= 0.6 is 0 Å². The van der Waals surface area contributed by atoms with Gasteiger partial charge in [0.15, 0.2) is 0 Å². The molecule has 2 heteroatoms. The summed E-state index contributed by atoms with van der Waals surface area (Å²) in [5.74, 6) is 0. The maximum atomic E-state index is 4.92. The van der Waals surface area contributed by atoms with Gasteiger partial charge in [-0.25, -0.2) is 0 Å². The fourth-order valence-corrected chi connectivity index (χ4v) is 0. The van der Waals surface area contributed by atoms with Crippen molar-refractivity contribution < 1.29 is 0 Å². The van der Waals surface area contributed by atoms with Crippen molar-refractivity contribution in [3.8, 4) is 0 Å². The third-order valence-electron chi connectivity index (χ3n) is 0.427. The Morgan fingerprint density at radius 3 is 1.08 bits per heavy atom. The van der Waals surface area contributed by atoms with Crippen LogP contribution in [-0.2, 0) is 0 Å². The molecule has 0 radical (unpaired) electrons. The van der Waals surface area contributed by atoms with Crippen molar-refractivity contribution >= 4 is 0 Å². The molecule has 0 atom stereocenters. The zero-order valence-electron chi connectivity index (χ0n) is 9.70. The quantitative estimate of drug-likeness (QED) is 0.615. The lowest BCUT2D eigenvalue weighted by Crippen LogP contribution is -1.98. The van der Waals surface area contributed by atoms with Crippen molar-refractivity contribution in [2.75, 3.05) is 7.05 Å². The van der Waals surface area contributed by atoms with Crippen LogP contribution in [0.3, 0.4) is 0 Å².